The van der Waals surface area contributed by atoms with Gasteiger partial charge < -0.3 is 10.3 Å². The SMILES string of the molecule is Cc1nc(N[C@H](C)c2cccc(C(F)F)c2F)c2cc(Br)c(=O)[nH]c2n1. The van der Waals surface area contributed by atoms with Crippen LogP contribution in [0.4, 0.5) is 19.0 Å². The number of aryl methyl sites for hydroxylation is 1. The van der Waals surface area contributed by atoms with Crippen LogP contribution >= 0.6 is 15.9 Å². The standard InChI is InChI=1S/C17H14BrF3N4O/c1-7(9-4-3-5-10(13(9)19)14(20)21)22-15-11-6-12(18)17(26)25-16(11)24-8(2)23-15/h3-7,14H,1-2H3,(H2,22,23,24,25,26)/t7-/m1/s1. The van der Waals surface area contributed by atoms with Crippen LogP contribution in [0.15, 0.2) is 33.5 Å². The smallest absolute Gasteiger partial charge is 0.266 e. The minimum atomic E-state index is -2.90. The molecular weight excluding hydrogens is 413 g/mol. The molecule has 0 aliphatic heterocycles. The zero-order valence-electron chi connectivity index (χ0n) is 13.8. The molecule has 3 rings (SSSR count). The molecule has 0 saturated heterocycles. The van der Waals surface area contributed by atoms with Gasteiger partial charge in [-0.2, -0.15) is 0 Å². The quantitative estimate of drug-likeness (QED) is 0.637. The monoisotopic (exact) mass is 426 g/mol. The van der Waals surface area contributed by atoms with E-state index in [1.807, 2.05) is 0 Å². The average Bonchev–Trinajstić information content (AvgIpc) is 2.56. The summed E-state index contributed by atoms with van der Waals surface area (Å²) in [5.41, 5.74) is -0.574. The van der Waals surface area contributed by atoms with Crippen molar-refractivity contribution in [3.8, 4) is 0 Å². The Morgan fingerprint density at radius 3 is 2.62 bits per heavy atom. The first kappa shape index (κ1) is 18.4. The van der Waals surface area contributed by atoms with Crippen LogP contribution in [0.1, 0.15) is 36.3 Å². The van der Waals surface area contributed by atoms with E-state index in [1.54, 1.807) is 19.9 Å². The number of fused-ring (bicyclic) bond motifs is 1. The molecule has 0 saturated carbocycles. The number of aromatic amines is 1. The third-order valence-electron chi connectivity index (χ3n) is 3.89. The number of pyridine rings is 1. The molecule has 0 bridgehead atoms. The summed E-state index contributed by atoms with van der Waals surface area (Å²) >= 11 is 3.15. The molecule has 9 heteroatoms. The first-order valence-corrected chi connectivity index (χ1v) is 8.47. The van der Waals surface area contributed by atoms with E-state index in [-0.39, 0.29) is 11.1 Å². The van der Waals surface area contributed by atoms with Crippen LogP contribution in [0.5, 0.6) is 0 Å². The topological polar surface area (TPSA) is 70.7 Å². The van der Waals surface area contributed by atoms with Crippen LogP contribution in [-0.2, 0) is 0 Å². The lowest BCUT2D eigenvalue weighted by molar-refractivity contribution is 0.146. The first-order chi connectivity index (χ1) is 12.3. The van der Waals surface area contributed by atoms with Gasteiger partial charge in [0.15, 0.2) is 0 Å². The number of H-pyrrole nitrogens is 1. The van der Waals surface area contributed by atoms with E-state index < -0.39 is 23.8 Å². The zero-order chi connectivity index (χ0) is 19.0. The highest BCUT2D eigenvalue weighted by molar-refractivity contribution is 9.10. The van der Waals surface area contributed by atoms with E-state index in [4.69, 9.17) is 0 Å². The maximum absolute atomic E-state index is 14.4. The van der Waals surface area contributed by atoms with Crippen LogP contribution in [0, 0.1) is 12.7 Å². The Hall–Kier alpha value is -2.42. The molecule has 2 aromatic heterocycles. The van der Waals surface area contributed by atoms with Crippen LogP contribution < -0.4 is 10.9 Å². The Balaban J connectivity index is 2.05. The summed E-state index contributed by atoms with van der Waals surface area (Å²) in [5, 5.41) is 3.53. The molecule has 1 atom stereocenters. The highest BCUT2D eigenvalue weighted by Crippen LogP contribution is 2.30. The van der Waals surface area contributed by atoms with Gasteiger partial charge >= 0.3 is 0 Å². The predicted molar refractivity (Wildman–Crippen MR) is 96.0 cm³/mol. The number of hydrogen-bond donors (Lipinski definition) is 2. The molecule has 5 nitrogen and oxygen atoms in total. The van der Waals surface area contributed by atoms with E-state index in [2.05, 4.69) is 36.2 Å². The second-order valence-corrected chi connectivity index (χ2v) is 6.60. The lowest BCUT2D eigenvalue weighted by Gasteiger charge is -2.18. The summed E-state index contributed by atoms with van der Waals surface area (Å²) in [4.78, 5) is 22.8. The molecule has 2 heterocycles. The molecule has 26 heavy (non-hydrogen) atoms. The lowest BCUT2D eigenvalue weighted by atomic mass is 10.0. The largest absolute Gasteiger partial charge is 0.363 e. The summed E-state index contributed by atoms with van der Waals surface area (Å²) in [7, 11) is 0. The van der Waals surface area contributed by atoms with Gasteiger partial charge in [-0.25, -0.2) is 23.1 Å². The third kappa shape index (κ3) is 3.44. The van der Waals surface area contributed by atoms with E-state index in [0.29, 0.717) is 27.1 Å². The fourth-order valence-electron chi connectivity index (χ4n) is 2.64. The molecule has 136 valence electrons. The zero-order valence-corrected chi connectivity index (χ0v) is 15.4. The molecule has 0 unspecified atom stereocenters. The number of nitrogens with zero attached hydrogens (tertiary/aromatic N) is 2. The van der Waals surface area contributed by atoms with Gasteiger partial charge in [0.1, 0.15) is 23.1 Å². The third-order valence-corrected chi connectivity index (χ3v) is 4.48. The lowest BCUT2D eigenvalue weighted by Crippen LogP contribution is -2.14. The van der Waals surface area contributed by atoms with Crippen molar-refractivity contribution >= 4 is 32.8 Å². The summed E-state index contributed by atoms with van der Waals surface area (Å²) in [6.07, 6.45) is -2.90. The van der Waals surface area contributed by atoms with Crippen LogP contribution in [0.3, 0.4) is 0 Å². The van der Waals surface area contributed by atoms with Gasteiger partial charge in [-0.05, 0) is 35.8 Å². The second-order valence-electron chi connectivity index (χ2n) is 5.75. The molecule has 0 aliphatic rings. The van der Waals surface area contributed by atoms with Crippen molar-refractivity contribution in [2.75, 3.05) is 5.32 Å². The number of benzene rings is 1. The summed E-state index contributed by atoms with van der Waals surface area (Å²) in [6, 6.07) is 4.79. The Bertz CT molecular complexity index is 1040. The van der Waals surface area contributed by atoms with E-state index in [0.717, 1.165) is 6.07 Å². The number of hydrogen-bond acceptors (Lipinski definition) is 4. The minimum absolute atomic E-state index is 0.0932. The molecule has 0 spiro atoms. The highest BCUT2D eigenvalue weighted by atomic mass is 79.9. The van der Waals surface area contributed by atoms with Gasteiger partial charge in [0, 0.05) is 5.56 Å². The van der Waals surface area contributed by atoms with Gasteiger partial charge in [-0.1, -0.05) is 18.2 Å². The molecule has 0 amide bonds. The number of aromatic nitrogens is 3. The van der Waals surface area contributed by atoms with Crippen molar-refractivity contribution in [3.05, 3.63) is 61.9 Å². The van der Waals surface area contributed by atoms with Crippen molar-refractivity contribution in [1.29, 1.82) is 0 Å². The van der Waals surface area contributed by atoms with Gasteiger partial charge in [0.2, 0.25) is 0 Å². The van der Waals surface area contributed by atoms with Gasteiger partial charge in [-0.3, -0.25) is 4.79 Å². The summed E-state index contributed by atoms with van der Waals surface area (Å²) in [6.45, 7) is 3.28. The Morgan fingerprint density at radius 2 is 1.92 bits per heavy atom. The number of rotatable bonds is 4. The van der Waals surface area contributed by atoms with Gasteiger partial charge in [-0.15, -0.1) is 0 Å². The van der Waals surface area contributed by atoms with Crippen molar-refractivity contribution in [2.45, 2.75) is 26.3 Å². The number of alkyl halides is 2. The molecule has 0 fully saturated rings. The van der Waals surface area contributed by atoms with Crippen LogP contribution in [-0.4, -0.2) is 15.0 Å². The maximum atomic E-state index is 14.4. The van der Waals surface area contributed by atoms with Gasteiger partial charge in [0.25, 0.3) is 12.0 Å². The Kier molecular flexibility index (Phi) is 4.99. The molecule has 2 N–H and O–H groups in total. The van der Waals surface area contributed by atoms with Crippen molar-refractivity contribution < 1.29 is 13.2 Å². The van der Waals surface area contributed by atoms with E-state index in [1.165, 1.54) is 12.1 Å². The van der Waals surface area contributed by atoms with E-state index >= 15 is 0 Å². The average molecular weight is 427 g/mol. The second kappa shape index (κ2) is 7.06. The number of anilines is 1. The Morgan fingerprint density at radius 1 is 1.23 bits per heavy atom. The fourth-order valence-corrected chi connectivity index (χ4v) is 2.97. The Labute approximate surface area is 154 Å². The number of halogens is 4. The molecule has 0 aliphatic carbocycles. The molecular formula is C17H14BrF3N4O. The predicted octanol–water partition coefficient (Wildman–Crippen LogP) is 4.64. The fraction of sp³-hybridized carbons (Fsp3) is 0.235. The normalized spacial score (nSPS) is 12.6. The van der Waals surface area contributed by atoms with Crippen molar-refractivity contribution in [3.63, 3.8) is 0 Å². The van der Waals surface area contributed by atoms with Crippen LogP contribution in [0.25, 0.3) is 11.0 Å². The van der Waals surface area contributed by atoms with E-state index in [9.17, 15) is 18.0 Å². The van der Waals surface area contributed by atoms with Crippen molar-refractivity contribution in [1.82, 2.24) is 15.0 Å². The molecule has 3 aromatic rings. The molecule has 0 radical (unpaired) electrons. The summed E-state index contributed by atoms with van der Waals surface area (Å²) < 4.78 is 40.5. The summed E-state index contributed by atoms with van der Waals surface area (Å²) in [5.74, 6) is -0.196. The van der Waals surface area contributed by atoms with Crippen LogP contribution in [0.2, 0.25) is 0 Å². The minimum Gasteiger partial charge on any atom is -0.363 e. The molecule has 1 aromatic carbocycles. The highest BCUT2D eigenvalue weighted by Gasteiger charge is 2.20. The van der Waals surface area contributed by atoms with Gasteiger partial charge in [0.05, 0.1) is 21.5 Å². The first-order valence-electron chi connectivity index (χ1n) is 7.68. The maximum Gasteiger partial charge on any atom is 0.266 e. The number of nitrogens with one attached hydrogen (secondary N) is 2. The van der Waals surface area contributed by atoms with Crippen molar-refractivity contribution in [2.24, 2.45) is 0 Å².